The molecule has 0 radical (unpaired) electrons. The molecule has 2 amide bonds. The zero-order chi connectivity index (χ0) is 20.6. The smallest absolute Gasteiger partial charge is 0.238 e. The van der Waals surface area contributed by atoms with E-state index in [2.05, 4.69) is 59.3 Å². The lowest BCUT2D eigenvalue weighted by Crippen LogP contribution is -2.53. The normalized spacial score (nSPS) is 28.3. The SMILES string of the molecule is CCC12c3ccccc3C(c3ccccc31)[C@H]1C(=O)N(c3ccc(Br)cc3)C(=O)[C@H]12. The van der Waals surface area contributed by atoms with Crippen molar-refractivity contribution in [1.82, 2.24) is 0 Å². The highest BCUT2D eigenvalue weighted by Crippen LogP contribution is 2.65. The maximum atomic E-state index is 13.9. The van der Waals surface area contributed by atoms with Crippen molar-refractivity contribution in [3.05, 3.63) is 99.5 Å². The molecule has 3 nitrogen and oxygen atoms in total. The number of nitrogens with zero attached hydrogens (tertiary/aromatic N) is 1. The lowest BCUT2D eigenvalue weighted by Gasteiger charge is -2.54. The first-order chi connectivity index (χ1) is 14.6. The van der Waals surface area contributed by atoms with Gasteiger partial charge in [0.1, 0.15) is 0 Å². The van der Waals surface area contributed by atoms with E-state index in [0.717, 1.165) is 10.9 Å². The Balaban J connectivity index is 1.63. The van der Waals surface area contributed by atoms with Crippen LogP contribution in [-0.4, -0.2) is 11.8 Å². The zero-order valence-electron chi connectivity index (χ0n) is 16.5. The highest BCUT2D eigenvalue weighted by Gasteiger charge is 2.67. The molecule has 3 aromatic rings. The first kappa shape index (κ1) is 18.1. The van der Waals surface area contributed by atoms with Crippen molar-refractivity contribution in [2.75, 3.05) is 4.90 Å². The van der Waals surface area contributed by atoms with Gasteiger partial charge in [-0.15, -0.1) is 0 Å². The van der Waals surface area contributed by atoms with Gasteiger partial charge in [0.15, 0.2) is 0 Å². The minimum atomic E-state index is -0.469. The van der Waals surface area contributed by atoms with Gasteiger partial charge in [0, 0.05) is 15.8 Å². The van der Waals surface area contributed by atoms with E-state index in [1.807, 2.05) is 36.4 Å². The van der Waals surface area contributed by atoms with E-state index in [9.17, 15) is 9.59 Å². The average Bonchev–Trinajstić information content (AvgIpc) is 3.05. The molecule has 1 saturated heterocycles. The molecule has 2 bridgehead atoms. The fourth-order valence-corrected chi connectivity index (χ4v) is 6.64. The third-order valence-corrected chi connectivity index (χ3v) is 7.97. The van der Waals surface area contributed by atoms with E-state index < -0.39 is 5.41 Å². The van der Waals surface area contributed by atoms with Crippen molar-refractivity contribution in [3.63, 3.8) is 0 Å². The molecule has 0 spiro atoms. The molecule has 30 heavy (non-hydrogen) atoms. The molecule has 4 aliphatic rings. The topological polar surface area (TPSA) is 37.4 Å². The molecule has 0 aromatic heterocycles. The van der Waals surface area contributed by atoms with E-state index in [1.54, 1.807) is 0 Å². The number of hydrogen-bond donors (Lipinski definition) is 0. The van der Waals surface area contributed by atoms with Gasteiger partial charge in [0.05, 0.1) is 17.5 Å². The summed E-state index contributed by atoms with van der Waals surface area (Å²) in [5.74, 6) is -0.936. The van der Waals surface area contributed by atoms with E-state index in [4.69, 9.17) is 0 Å². The number of rotatable bonds is 2. The number of halogens is 1. The molecule has 1 aliphatic heterocycles. The highest BCUT2D eigenvalue weighted by atomic mass is 79.9. The molecular weight excluding hydrogens is 438 g/mol. The Morgan fingerprint density at radius 1 is 0.833 bits per heavy atom. The van der Waals surface area contributed by atoms with Crippen LogP contribution in [0.5, 0.6) is 0 Å². The zero-order valence-corrected chi connectivity index (χ0v) is 18.1. The molecule has 0 unspecified atom stereocenters. The average molecular weight is 458 g/mol. The number of hydrogen-bond acceptors (Lipinski definition) is 2. The molecule has 0 N–H and O–H groups in total. The van der Waals surface area contributed by atoms with Crippen molar-refractivity contribution in [2.45, 2.75) is 24.7 Å². The maximum absolute atomic E-state index is 13.9. The summed E-state index contributed by atoms with van der Waals surface area (Å²) in [6.07, 6.45) is 0.780. The molecule has 3 aliphatic carbocycles. The summed E-state index contributed by atoms with van der Waals surface area (Å²) in [6.45, 7) is 2.15. The fourth-order valence-electron chi connectivity index (χ4n) is 6.37. The van der Waals surface area contributed by atoms with Gasteiger partial charge in [-0.1, -0.05) is 71.4 Å². The Bertz CT molecular complexity index is 1170. The second-order valence-corrected chi connectivity index (χ2v) is 9.38. The van der Waals surface area contributed by atoms with Crippen LogP contribution in [-0.2, 0) is 15.0 Å². The standard InChI is InChI=1S/C26H20BrNO2/c1-2-26-19-9-5-3-7-17(19)21(18-8-4-6-10-20(18)26)22-23(26)25(30)28(24(22)29)16-13-11-15(27)12-14-16/h3-14,21-23H,2H2,1H3/t21?,22-,23+,26?/m1/s1. The first-order valence-corrected chi connectivity index (χ1v) is 11.2. The Morgan fingerprint density at radius 3 is 1.97 bits per heavy atom. The third kappa shape index (κ3) is 2.00. The van der Waals surface area contributed by atoms with Crippen molar-refractivity contribution in [3.8, 4) is 0 Å². The molecule has 1 fully saturated rings. The van der Waals surface area contributed by atoms with Gasteiger partial charge in [-0.2, -0.15) is 0 Å². The van der Waals surface area contributed by atoms with Gasteiger partial charge in [-0.3, -0.25) is 9.59 Å². The molecule has 3 aromatic carbocycles. The lowest BCUT2D eigenvalue weighted by molar-refractivity contribution is -0.123. The van der Waals surface area contributed by atoms with Gasteiger partial charge in [-0.05, 0) is 52.9 Å². The second kappa shape index (κ2) is 6.14. The quantitative estimate of drug-likeness (QED) is 0.482. The summed E-state index contributed by atoms with van der Waals surface area (Å²) in [6, 6.07) is 24.3. The number of anilines is 1. The van der Waals surface area contributed by atoms with Crippen LogP contribution in [0.25, 0.3) is 0 Å². The second-order valence-electron chi connectivity index (χ2n) is 8.47. The molecule has 1 heterocycles. The Kier molecular flexibility index (Phi) is 3.70. The van der Waals surface area contributed by atoms with Crippen LogP contribution >= 0.6 is 15.9 Å². The van der Waals surface area contributed by atoms with Crippen LogP contribution < -0.4 is 4.90 Å². The van der Waals surface area contributed by atoms with Gasteiger partial charge in [0.2, 0.25) is 11.8 Å². The van der Waals surface area contributed by atoms with Crippen LogP contribution in [0, 0.1) is 11.8 Å². The summed E-state index contributed by atoms with van der Waals surface area (Å²) < 4.78 is 0.924. The number of imide groups is 1. The minimum Gasteiger partial charge on any atom is -0.274 e. The lowest BCUT2D eigenvalue weighted by atomic mass is 9.46. The molecule has 148 valence electrons. The summed E-state index contributed by atoms with van der Waals surface area (Å²) in [4.78, 5) is 29.1. The van der Waals surface area contributed by atoms with Gasteiger partial charge < -0.3 is 0 Å². The van der Waals surface area contributed by atoms with Crippen LogP contribution in [0.15, 0.2) is 77.3 Å². The molecule has 4 heteroatoms. The third-order valence-electron chi connectivity index (χ3n) is 7.44. The Morgan fingerprint density at radius 2 is 1.40 bits per heavy atom. The summed E-state index contributed by atoms with van der Waals surface area (Å²) >= 11 is 3.44. The molecule has 0 saturated carbocycles. The fraction of sp³-hybridized carbons (Fsp3) is 0.231. The van der Waals surface area contributed by atoms with Crippen LogP contribution in [0.3, 0.4) is 0 Å². The molecule has 7 rings (SSSR count). The highest BCUT2D eigenvalue weighted by molar-refractivity contribution is 9.10. The summed E-state index contributed by atoms with van der Waals surface area (Å²) in [5, 5.41) is 0. The number of carbonyl (C=O) groups is 2. The molecular formula is C26H20BrNO2. The number of carbonyl (C=O) groups excluding carboxylic acids is 2. The van der Waals surface area contributed by atoms with Crippen molar-refractivity contribution in [1.29, 1.82) is 0 Å². The largest absolute Gasteiger partial charge is 0.274 e. The van der Waals surface area contributed by atoms with Crippen LogP contribution in [0.2, 0.25) is 0 Å². The van der Waals surface area contributed by atoms with Gasteiger partial charge >= 0.3 is 0 Å². The first-order valence-electron chi connectivity index (χ1n) is 10.4. The van der Waals surface area contributed by atoms with Crippen LogP contribution in [0.1, 0.15) is 41.5 Å². The Labute approximate surface area is 183 Å². The van der Waals surface area contributed by atoms with Crippen molar-refractivity contribution >= 4 is 33.4 Å². The van der Waals surface area contributed by atoms with E-state index in [0.29, 0.717) is 5.69 Å². The number of benzene rings is 3. The predicted octanol–water partition coefficient (Wildman–Crippen LogP) is 5.41. The van der Waals surface area contributed by atoms with E-state index >= 15 is 0 Å². The number of amides is 2. The predicted molar refractivity (Wildman–Crippen MR) is 119 cm³/mol. The van der Waals surface area contributed by atoms with Crippen molar-refractivity contribution < 1.29 is 9.59 Å². The maximum Gasteiger partial charge on any atom is 0.238 e. The monoisotopic (exact) mass is 457 g/mol. The van der Waals surface area contributed by atoms with Gasteiger partial charge in [0.25, 0.3) is 0 Å². The minimum absolute atomic E-state index is 0.0665. The van der Waals surface area contributed by atoms with Crippen LogP contribution in [0.4, 0.5) is 5.69 Å². The van der Waals surface area contributed by atoms with E-state index in [-0.39, 0.29) is 29.6 Å². The summed E-state index contributed by atoms with van der Waals surface area (Å²) in [7, 11) is 0. The van der Waals surface area contributed by atoms with Crippen molar-refractivity contribution in [2.24, 2.45) is 11.8 Å². The summed E-state index contributed by atoms with van der Waals surface area (Å²) in [5.41, 5.74) is 5.04. The molecule has 2 atom stereocenters. The van der Waals surface area contributed by atoms with E-state index in [1.165, 1.54) is 27.2 Å². The Hall–Kier alpha value is -2.72. The van der Waals surface area contributed by atoms with Gasteiger partial charge in [-0.25, -0.2) is 4.90 Å².